The van der Waals surface area contributed by atoms with E-state index in [4.69, 9.17) is 4.74 Å². The second kappa shape index (κ2) is 5.30. The Balaban J connectivity index is 2.02. The summed E-state index contributed by atoms with van der Waals surface area (Å²) in [6, 6.07) is 5.78. The average molecular weight is 223 g/mol. The summed E-state index contributed by atoms with van der Waals surface area (Å²) in [6.45, 7) is 3.44. The zero-order valence-electron chi connectivity index (χ0n) is 9.63. The van der Waals surface area contributed by atoms with E-state index in [-0.39, 0.29) is 5.82 Å². The van der Waals surface area contributed by atoms with Crippen LogP contribution in [0.15, 0.2) is 18.2 Å². The quantitative estimate of drug-likeness (QED) is 0.847. The molecule has 0 spiro atoms. The summed E-state index contributed by atoms with van der Waals surface area (Å²) >= 11 is 0. The molecule has 1 atom stereocenters. The molecule has 0 bridgehead atoms. The van der Waals surface area contributed by atoms with Gasteiger partial charge in [-0.1, -0.05) is 6.07 Å². The molecule has 16 heavy (non-hydrogen) atoms. The molecule has 1 aromatic rings. The Bertz CT molecular complexity index is 348. The number of hydrogen-bond acceptors (Lipinski definition) is 2. The lowest BCUT2D eigenvalue weighted by Crippen LogP contribution is -2.23. The van der Waals surface area contributed by atoms with E-state index >= 15 is 0 Å². The fourth-order valence-corrected chi connectivity index (χ4v) is 2.16. The van der Waals surface area contributed by atoms with Crippen molar-refractivity contribution in [2.45, 2.75) is 32.2 Å². The van der Waals surface area contributed by atoms with Gasteiger partial charge in [0.05, 0.1) is 6.61 Å². The number of benzene rings is 1. The Morgan fingerprint density at radius 1 is 1.50 bits per heavy atom. The molecule has 88 valence electrons. The van der Waals surface area contributed by atoms with Crippen LogP contribution in [-0.4, -0.2) is 19.2 Å². The Labute approximate surface area is 95.8 Å². The second-order valence-corrected chi connectivity index (χ2v) is 4.20. The number of nitrogens with one attached hydrogen (secondary N) is 1. The molecule has 1 aliphatic heterocycles. The van der Waals surface area contributed by atoms with Crippen molar-refractivity contribution in [3.05, 3.63) is 29.6 Å². The Hall–Kier alpha value is -1.09. The minimum Gasteiger partial charge on any atom is -0.491 e. The van der Waals surface area contributed by atoms with E-state index in [1.165, 1.54) is 12.8 Å². The molecule has 2 nitrogen and oxygen atoms in total. The second-order valence-electron chi connectivity index (χ2n) is 4.20. The highest BCUT2D eigenvalue weighted by Gasteiger charge is 2.15. The van der Waals surface area contributed by atoms with Gasteiger partial charge in [0.1, 0.15) is 0 Å². The molecule has 1 aromatic carbocycles. The predicted molar refractivity (Wildman–Crippen MR) is 62.3 cm³/mol. The first-order chi connectivity index (χ1) is 7.79. The first kappa shape index (κ1) is 11.4. The van der Waals surface area contributed by atoms with E-state index in [1.54, 1.807) is 12.1 Å². The molecule has 0 amide bonds. The normalized spacial score (nSPS) is 20.0. The van der Waals surface area contributed by atoms with Gasteiger partial charge in [0, 0.05) is 6.04 Å². The number of halogens is 1. The SMILES string of the molecule is CCOc1ccc(CC2CCCN2)cc1F. The summed E-state index contributed by atoms with van der Waals surface area (Å²) in [4.78, 5) is 0. The van der Waals surface area contributed by atoms with Gasteiger partial charge < -0.3 is 10.1 Å². The molecular formula is C13H18FNO. The Morgan fingerprint density at radius 3 is 3.00 bits per heavy atom. The molecule has 1 aliphatic rings. The van der Waals surface area contributed by atoms with Crippen molar-refractivity contribution in [1.29, 1.82) is 0 Å². The smallest absolute Gasteiger partial charge is 0.165 e. The van der Waals surface area contributed by atoms with Crippen LogP contribution in [0.1, 0.15) is 25.3 Å². The van der Waals surface area contributed by atoms with Gasteiger partial charge in [-0.25, -0.2) is 4.39 Å². The van der Waals surface area contributed by atoms with Crippen LogP contribution in [0.2, 0.25) is 0 Å². The van der Waals surface area contributed by atoms with E-state index in [9.17, 15) is 4.39 Å². The maximum atomic E-state index is 13.6. The van der Waals surface area contributed by atoms with Crippen LogP contribution in [0.3, 0.4) is 0 Å². The minimum atomic E-state index is -0.252. The highest BCUT2D eigenvalue weighted by molar-refractivity contribution is 5.29. The predicted octanol–water partition coefficient (Wildman–Crippen LogP) is 2.52. The number of ether oxygens (including phenoxy) is 1. The Morgan fingerprint density at radius 2 is 2.38 bits per heavy atom. The summed E-state index contributed by atoms with van der Waals surface area (Å²) in [5.41, 5.74) is 1.04. The maximum Gasteiger partial charge on any atom is 0.165 e. The maximum absolute atomic E-state index is 13.6. The van der Waals surface area contributed by atoms with Crippen molar-refractivity contribution < 1.29 is 9.13 Å². The molecule has 0 radical (unpaired) electrons. The molecule has 1 saturated heterocycles. The highest BCUT2D eigenvalue weighted by Crippen LogP contribution is 2.20. The lowest BCUT2D eigenvalue weighted by atomic mass is 10.0. The van der Waals surface area contributed by atoms with E-state index in [0.717, 1.165) is 18.5 Å². The third-order valence-corrected chi connectivity index (χ3v) is 2.94. The van der Waals surface area contributed by atoms with Crippen LogP contribution in [0.4, 0.5) is 4.39 Å². The van der Waals surface area contributed by atoms with Crippen LogP contribution >= 0.6 is 0 Å². The van der Waals surface area contributed by atoms with Gasteiger partial charge in [0.15, 0.2) is 11.6 Å². The molecule has 1 N–H and O–H groups in total. The summed E-state index contributed by atoms with van der Waals surface area (Å²) in [5, 5.41) is 3.41. The average Bonchev–Trinajstić information content (AvgIpc) is 2.75. The largest absolute Gasteiger partial charge is 0.491 e. The third-order valence-electron chi connectivity index (χ3n) is 2.94. The van der Waals surface area contributed by atoms with E-state index in [2.05, 4.69) is 5.32 Å². The summed E-state index contributed by atoms with van der Waals surface area (Å²) in [5.74, 6) is 0.1000. The fraction of sp³-hybridized carbons (Fsp3) is 0.538. The monoisotopic (exact) mass is 223 g/mol. The molecule has 0 aliphatic carbocycles. The fourth-order valence-electron chi connectivity index (χ4n) is 2.16. The van der Waals surface area contributed by atoms with Crippen molar-refractivity contribution >= 4 is 0 Å². The molecular weight excluding hydrogens is 205 g/mol. The molecule has 0 aromatic heterocycles. The van der Waals surface area contributed by atoms with Crippen molar-refractivity contribution in [3.8, 4) is 5.75 Å². The number of rotatable bonds is 4. The van der Waals surface area contributed by atoms with Crippen molar-refractivity contribution in [3.63, 3.8) is 0 Å². The van der Waals surface area contributed by atoms with Gasteiger partial charge in [0.25, 0.3) is 0 Å². The van der Waals surface area contributed by atoms with E-state index < -0.39 is 0 Å². The standard InChI is InChI=1S/C13H18FNO/c1-2-16-13-6-5-10(9-12(13)14)8-11-4-3-7-15-11/h5-6,9,11,15H,2-4,7-8H2,1H3. The van der Waals surface area contributed by atoms with Crippen molar-refractivity contribution in [2.75, 3.05) is 13.2 Å². The molecule has 3 heteroatoms. The van der Waals surface area contributed by atoms with E-state index in [0.29, 0.717) is 18.4 Å². The van der Waals surface area contributed by atoms with Gasteiger partial charge in [-0.2, -0.15) is 0 Å². The van der Waals surface area contributed by atoms with Crippen LogP contribution in [-0.2, 0) is 6.42 Å². The van der Waals surface area contributed by atoms with Crippen molar-refractivity contribution in [1.82, 2.24) is 5.32 Å². The summed E-state index contributed by atoms with van der Waals surface area (Å²) in [7, 11) is 0. The molecule has 2 rings (SSSR count). The van der Waals surface area contributed by atoms with Crippen LogP contribution < -0.4 is 10.1 Å². The first-order valence-corrected chi connectivity index (χ1v) is 5.94. The van der Waals surface area contributed by atoms with Crippen molar-refractivity contribution in [2.24, 2.45) is 0 Å². The Kier molecular flexibility index (Phi) is 3.78. The van der Waals surface area contributed by atoms with Crippen LogP contribution in [0.25, 0.3) is 0 Å². The van der Waals surface area contributed by atoms with Gasteiger partial charge in [0.2, 0.25) is 0 Å². The minimum absolute atomic E-state index is 0.252. The van der Waals surface area contributed by atoms with Gasteiger partial charge >= 0.3 is 0 Å². The zero-order chi connectivity index (χ0) is 11.4. The van der Waals surface area contributed by atoms with Gasteiger partial charge in [-0.3, -0.25) is 0 Å². The first-order valence-electron chi connectivity index (χ1n) is 5.94. The highest BCUT2D eigenvalue weighted by atomic mass is 19.1. The lowest BCUT2D eigenvalue weighted by Gasteiger charge is -2.11. The van der Waals surface area contributed by atoms with Crippen LogP contribution in [0.5, 0.6) is 5.75 Å². The van der Waals surface area contributed by atoms with E-state index in [1.807, 2.05) is 13.0 Å². The molecule has 1 fully saturated rings. The zero-order valence-corrected chi connectivity index (χ0v) is 9.63. The molecule has 1 heterocycles. The van der Waals surface area contributed by atoms with Gasteiger partial charge in [-0.15, -0.1) is 0 Å². The lowest BCUT2D eigenvalue weighted by molar-refractivity contribution is 0.321. The summed E-state index contributed by atoms with van der Waals surface area (Å²) in [6.07, 6.45) is 3.32. The number of hydrogen-bond donors (Lipinski definition) is 1. The molecule has 1 unspecified atom stereocenters. The van der Waals surface area contributed by atoms with Gasteiger partial charge in [-0.05, 0) is 50.4 Å². The van der Waals surface area contributed by atoms with Crippen LogP contribution in [0, 0.1) is 5.82 Å². The third kappa shape index (κ3) is 2.73. The topological polar surface area (TPSA) is 21.3 Å². The molecule has 0 saturated carbocycles. The summed E-state index contributed by atoms with van der Waals surface area (Å²) < 4.78 is 18.7.